The highest BCUT2D eigenvalue weighted by atomic mass is 19.1. The van der Waals surface area contributed by atoms with Gasteiger partial charge in [0.2, 0.25) is 0 Å². The van der Waals surface area contributed by atoms with Crippen LogP contribution in [0.5, 0.6) is 0 Å². The van der Waals surface area contributed by atoms with Gasteiger partial charge in [-0.05, 0) is 31.0 Å². The second-order valence-electron chi connectivity index (χ2n) is 3.62. The van der Waals surface area contributed by atoms with Crippen LogP contribution in [0.15, 0.2) is 18.2 Å². The van der Waals surface area contributed by atoms with Gasteiger partial charge in [-0.1, -0.05) is 12.1 Å². The molecule has 4 nitrogen and oxygen atoms in total. The number of carbonyl (C=O) groups excluding carboxylic acids is 2. The number of benzene rings is 1. The largest absolute Gasteiger partial charge is 0.394 e. The molecule has 0 amide bonds. The number of hydrogen-bond acceptors (Lipinski definition) is 4. The summed E-state index contributed by atoms with van der Waals surface area (Å²) in [5.41, 5.74) is 6.28. The van der Waals surface area contributed by atoms with Crippen molar-refractivity contribution in [3.05, 3.63) is 35.1 Å². The van der Waals surface area contributed by atoms with Crippen molar-refractivity contribution in [2.45, 2.75) is 19.4 Å². The molecule has 0 spiro atoms. The Kier molecular flexibility index (Phi) is 5.53. The molecule has 1 atom stereocenters. The lowest BCUT2D eigenvalue weighted by molar-refractivity contribution is -0.191. The summed E-state index contributed by atoms with van der Waals surface area (Å²) in [5, 5.41) is 8.99. The van der Waals surface area contributed by atoms with E-state index < -0.39 is 5.54 Å². The molecular weight excluding hydrogens is 213 g/mol. The van der Waals surface area contributed by atoms with Gasteiger partial charge < -0.3 is 10.8 Å². The van der Waals surface area contributed by atoms with E-state index in [1.54, 1.807) is 26.0 Å². The second-order valence-corrected chi connectivity index (χ2v) is 3.62. The van der Waals surface area contributed by atoms with E-state index >= 15 is 0 Å². The Labute approximate surface area is 92.9 Å². The molecule has 0 aliphatic rings. The van der Waals surface area contributed by atoms with Gasteiger partial charge in [-0.25, -0.2) is 4.39 Å². The number of hydrogen-bond donors (Lipinski definition) is 2. The molecule has 0 heterocycles. The van der Waals surface area contributed by atoms with Crippen LogP contribution in [-0.4, -0.2) is 17.9 Å². The summed E-state index contributed by atoms with van der Waals surface area (Å²) in [6.45, 7) is 3.23. The average Bonchev–Trinajstić information content (AvgIpc) is 2.23. The maximum absolute atomic E-state index is 12.9. The summed E-state index contributed by atoms with van der Waals surface area (Å²) in [4.78, 5) is 16.2. The first-order valence-electron chi connectivity index (χ1n) is 4.54. The van der Waals surface area contributed by atoms with E-state index in [1.807, 2.05) is 0 Å². The van der Waals surface area contributed by atoms with Crippen molar-refractivity contribution in [3.63, 3.8) is 0 Å². The van der Waals surface area contributed by atoms with E-state index in [9.17, 15) is 4.39 Å². The minimum absolute atomic E-state index is 0.155. The van der Waals surface area contributed by atoms with Crippen molar-refractivity contribution in [2.24, 2.45) is 5.73 Å². The Morgan fingerprint density at radius 3 is 2.38 bits per heavy atom. The molecule has 1 rings (SSSR count). The molecule has 1 aromatic rings. The highest BCUT2D eigenvalue weighted by Gasteiger charge is 2.20. The van der Waals surface area contributed by atoms with E-state index in [0.717, 1.165) is 5.56 Å². The first-order valence-corrected chi connectivity index (χ1v) is 4.54. The second kappa shape index (κ2) is 6.12. The van der Waals surface area contributed by atoms with Crippen LogP contribution in [0.1, 0.15) is 18.1 Å². The lowest BCUT2D eigenvalue weighted by Crippen LogP contribution is -2.37. The molecule has 0 aliphatic carbocycles. The zero-order valence-electron chi connectivity index (χ0n) is 9.16. The quantitative estimate of drug-likeness (QED) is 0.780. The van der Waals surface area contributed by atoms with E-state index in [0.29, 0.717) is 5.56 Å². The van der Waals surface area contributed by atoms with Gasteiger partial charge in [0.25, 0.3) is 0 Å². The first kappa shape index (κ1) is 14.5. The van der Waals surface area contributed by atoms with Crippen LogP contribution in [0.2, 0.25) is 0 Å². The Bertz CT molecular complexity index is 385. The van der Waals surface area contributed by atoms with E-state index in [2.05, 4.69) is 0 Å². The molecule has 0 aromatic heterocycles. The van der Waals surface area contributed by atoms with E-state index in [1.165, 1.54) is 6.07 Å². The van der Waals surface area contributed by atoms with Crippen LogP contribution >= 0.6 is 0 Å². The van der Waals surface area contributed by atoms with Crippen molar-refractivity contribution in [1.82, 2.24) is 0 Å². The molecule has 88 valence electrons. The van der Waals surface area contributed by atoms with Crippen LogP contribution in [0.3, 0.4) is 0 Å². The molecule has 0 radical (unpaired) electrons. The standard InChI is InChI=1S/C10H14FNO.CO2/c1-7-5-8(3-4-9(7)11)10(2,12)6-13;2-1-3/h3-5,13H,6,12H2,1-2H3;. The third-order valence-electron chi connectivity index (χ3n) is 2.15. The highest BCUT2D eigenvalue weighted by Crippen LogP contribution is 2.19. The zero-order chi connectivity index (χ0) is 12.8. The summed E-state index contributed by atoms with van der Waals surface area (Å²) in [6, 6.07) is 4.62. The Morgan fingerprint density at radius 1 is 1.50 bits per heavy atom. The van der Waals surface area contributed by atoms with Crippen LogP contribution in [0, 0.1) is 12.7 Å². The van der Waals surface area contributed by atoms with Crippen molar-refractivity contribution in [3.8, 4) is 0 Å². The zero-order valence-corrected chi connectivity index (χ0v) is 9.16. The molecule has 0 bridgehead atoms. The first-order chi connectivity index (χ1) is 7.38. The van der Waals surface area contributed by atoms with Crippen molar-refractivity contribution in [1.29, 1.82) is 0 Å². The normalized spacial score (nSPS) is 13.1. The SMILES string of the molecule is Cc1cc(C(C)(N)CO)ccc1F.O=C=O. The van der Waals surface area contributed by atoms with Crippen LogP contribution in [0.25, 0.3) is 0 Å². The van der Waals surface area contributed by atoms with Gasteiger partial charge in [0, 0.05) is 0 Å². The summed E-state index contributed by atoms with van der Waals surface area (Å²) in [5.74, 6) is -0.252. The van der Waals surface area contributed by atoms with Gasteiger partial charge >= 0.3 is 6.15 Å². The molecule has 1 aromatic carbocycles. The van der Waals surface area contributed by atoms with Gasteiger partial charge in [0.05, 0.1) is 12.1 Å². The highest BCUT2D eigenvalue weighted by molar-refractivity contribution is 5.29. The monoisotopic (exact) mass is 227 g/mol. The fraction of sp³-hybridized carbons (Fsp3) is 0.364. The van der Waals surface area contributed by atoms with Crippen LogP contribution in [0.4, 0.5) is 4.39 Å². The Morgan fingerprint density at radius 2 is 2.00 bits per heavy atom. The average molecular weight is 227 g/mol. The van der Waals surface area contributed by atoms with Gasteiger partial charge in [0.1, 0.15) is 5.82 Å². The summed E-state index contributed by atoms with van der Waals surface area (Å²) in [6.07, 6.45) is 0.250. The molecule has 5 heteroatoms. The van der Waals surface area contributed by atoms with Crippen LogP contribution < -0.4 is 5.73 Å². The fourth-order valence-electron chi connectivity index (χ4n) is 1.09. The minimum Gasteiger partial charge on any atom is -0.394 e. The van der Waals surface area contributed by atoms with Crippen LogP contribution in [-0.2, 0) is 15.1 Å². The topological polar surface area (TPSA) is 80.4 Å². The van der Waals surface area contributed by atoms with Gasteiger partial charge in [-0.15, -0.1) is 0 Å². The predicted octanol–water partition coefficient (Wildman–Crippen LogP) is 0.717. The van der Waals surface area contributed by atoms with Crippen molar-refractivity contribution < 1.29 is 19.1 Å². The maximum atomic E-state index is 12.9. The molecule has 0 saturated carbocycles. The molecular formula is C11H14FNO3. The molecule has 1 unspecified atom stereocenters. The molecule has 0 aliphatic heterocycles. The summed E-state index contributed by atoms with van der Waals surface area (Å²) >= 11 is 0. The summed E-state index contributed by atoms with van der Waals surface area (Å²) < 4.78 is 12.9. The number of aliphatic hydroxyl groups is 1. The maximum Gasteiger partial charge on any atom is 0.373 e. The van der Waals surface area contributed by atoms with Crippen molar-refractivity contribution >= 4 is 6.15 Å². The Hall–Kier alpha value is -1.55. The number of halogens is 1. The predicted molar refractivity (Wildman–Crippen MR) is 54.8 cm³/mol. The number of aryl methyl sites for hydroxylation is 1. The molecule has 0 fully saturated rings. The van der Waals surface area contributed by atoms with Crippen molar-refractivity contribution in [2.75, 3.05) is 6.61 Å². The minimum atomic E-state index is -0.793. The summed E-state index contributed by atoms with van der Waals surface area (Å²) in [7, 11) is 0. The smallest absolute Gasteiger partial charge is 0.373 e. The van der Waals surface area contributed by atoms with E-state index in [4.69, 9.17) is 20.4 Å². The molecule has 3 N–H and O–H groups in total. The lowest BCUT2D eigenvalue weighted by atomic mass is 9.93. The third kappa shape index (κ3) is 3.90. The van der Waals surface area contributed by atoms with E-state index in [-0.39, 0.29) is 18.6 Å². The molecule has 0 saturated heterocycles. The third-order valence-corrected chi connectivity index (χ3v) is 2.15. The Balaban J connectivity index is 0.000000673. The number of nitrogens with two attached hydrogens (primary N) is 1. The van der Waals surface area contributed by atoms with Gasteiger partial charge in [-0.3, -0.25) is 0 Å². The fourth-order valence-corrected chi connectivity index (χ4v) is 1.09. The van der Waals surface area contributed by atoms with Gasteiger partial charge in [0.15, 0.2) is 0 Å². The van der Waals surface area contributed by atoms with Gasteiger partial charge in [-0.2, -0.15) is 9.59 Å². The molecule has 16 heavy (non-hydrogen) atoms. The number of rotatable bonds is 2. The number of aliphatic hydroxyl groups excluding tert-OH is 1. The lowest BCUT2D eigenvalue weighted by Gasteiger charge is -2.22.